The van der Waals surface area contributed by atoms with Crippen molar-refractivity contribution in [2.75, 3.05) is 0 Å². The molecule has 0 aromatic heterocycles. The van der Waals surface area contributed by atoms with E-state index in [0.717, 1.165) is 6.21 Å². The van der Waals surface area contributed by atoms with Crippen LogP contribution < -0.4 is 5.73 Å². The monoisotopic (exact) mass is 190 g/mol. The molecule has 0 saturated heterocycles. The normalized spacial score (nSPS) is 11.0. The molecule has 0 heterocycles. The minimum Gasteiger partial charge on any atom is -0.478 e. The van der Waals surface area contributed by atoms with Gasteiger partial charge < -0.3 is 16.2 Å². The summed E-state index contributed by atoms with van der Waals surface area (Å²) >= 11 is 0. The van der Waals surface area contributed by atoms with Gasteiger partial charge in [-0.25, -0.2) is 4.79 Å². The van der Waals surface area contributed by atoms with Gasteiger partial charge in [-0.05, 0) is 17.7 Å². The number of hydrogen-bond donors (Lipinski definition) is 3. The molecule has 0 fully saturated rings. The molecule has 0 unspecified atom stereocenters. The zero-order valence-electron chi connectivity index (χ0n) is 7.40. The van der Waals surface area contributed by atoms with Crippen molar-refractivity contribution >= 4 is 17.8 Å². The summed E-state index contributed by atoms with van der Waals surface area (Å²) in [5, 5.41) is 15.8. The van der Waals surface area contributed by atoms with Crippen LogP contribution in [0.4, 0.5) is 0 Å². The fourth-order valence-corrected chi connectivity index (χ4v) is 1.06. The number of allylic oxidation sites excluding steroid dienone is 1. The Morgan fingerprint density at radius 2 is 2.07 bits per heavy atom. The highest BCUT2D eigenvalue weighted by molar-refractivity contribution is 6.08. The molecule has 0 spiro atoms. The first-order chi connectivity index (χ1) is 6.69. The summed E-state index contributed by atoms with van der Waals surface area (Å²) < 4.78 is 0. The summed E-state index contributed by atoms with van der Waals surface area (Å²) in [4.78, 5) is 10.6. The zero-order chi connectivity index (χ0) is 10.6. The van der Waals surface area contributed by atoms with Crippen LogP contribution in [0.15, 0.2) is 30.5 Å². The van der Waals surface area contributed by atoms with Crippen LogP contribution in [0.5, 0.6) is 0 Å². The number of nitrogens with two attached hydrogens (primary N) is 1. The lowest BCUT2D eigenvalue weighted by atomic mass is 10.1. The van der Waals surface area contributed by atoms with Crippen LogP contribution in [-0.4, -0.2) is 17.3 Å². The lowest BCUT2D eigenvalue weighted by Gasteiger charge is -2.01. The number of carboxylic acid groups (broad SMARTS) is 1. The molecule has 0 aliphatic carbocycles. The molecule has 4 heteroatoms. The minimum absolute atomic E-state index is 0.184. The highest BCUT2D eigenvalue weighted by Crippen LogP contribution is 2.13. The van der Waals surface area contributed by atoms with Crippen molar-refractivity contribution in [1.29, 1.82) is 5.41 Å². The number of rotatable bonds is 3. The predicted octanol–water partition coefficient (Wildman–Crippen LogP) is 1.33. The summed E-state index contributed by atoms with van der Waals surface area (Å²) in [7, 11) is 0. The van der Waals surface area contributed by atoms with Gasteiger partial charge in [-0.15, -0.1) is 0 Å². The smallest absolute Gasteiger partial charge is 0.335 e. The Kier molecular flexibility index (Phi) is 3.01. The van der Waals surface area contributed by atoms with E-state index in [1.54, 1.807) is 12.1 Å². The summed E-state index contributed by atoms with van der Waals surface area (Å²) in [6.45, 7) is 0. The molecule has 0 aliphatic rings. The maximum Gasteiger partial charge on any atom is 0.335 e. The van der Waals surface area contributed by atoms with E-state index < -0.39 is 5.97 Å². The fourth-order valence-electron chi connectivity index (χ4n) is 1.06. The Morgan fingerprint density at radius 3 is 2.57 bits per heavy atom. The van der Waals surface area contributed by atoms with Gasteiger partial charge in [0, 0.05) is 18.0 Å². The van der Waals surface area contributed by atoms with E-state index in [2.05, 4.69) is 0 Å². The molecule has 1 aromatic rings. The SMILES string of the molecule is N=C/C(=C\N)c1cccc(C(=O)O)c1. The first kappa shape index (κ1) is 9.98. The fraction of sp³-hybridized carbons (Fsp3) is 0. The predicted molar refractivity (Wildman–Crippen MR) is 54.3 cm³/mol. The Balaban J connectivity index is 3.17. The molecule has 0 saturated carbocycles. The second kappa shape index (κ2) is 4.23. The van der Waals surface area contributed by atoms with Crippen LogP contribution in [0.25, 0.3) is 5.57 Å². The van der Waals surface area contributed by atoms with E-state index >= 15 is 0 Å². The average Bonchev–Trinajstić information content (AvgIpc) is 2.20. The molecular weight excluding hydrogens is 180 g/mol. The summed E-state index contributed by atoms with van der Waals surface area (Å²) in [6, 6.07) is 6.29. The second-order valence-electron chi connectivity index (χ2n) is 2.65. The number of hydrogen-bond acceptors (Lipinski definition) is 3. The molecule has 4 N–H and O–H groups in total. The molecule has 1 rings (SSSR count). The van der Waals surface area contributed by atoms with Crippen molar-refractivity contribution in [3.63, 3.8) is 0 Å². The van der Waals surface area contributed by atoms with E-state index in [-0.39, 0.29) is 5.56 Å². The van der Waals surface area contributed by atoms with Crippen LogP contribution in [-0.2, 0) is 0 Å². The number of benzene rings is 1. The first-order valence-electron chi connectivity index (χ1n) is 3.95. The van der Waals surface area contributed by atoms with Gasteiger partial charge in [-0.1, -0.05) is 12.1 Å². The Morgan fingerprint density at radius 1 is 1.43 bits per heavy atom. The van der Waals surface area contributed by atoms with Crippen LogP contribution in [0.2, 0.25) is 0 Å². The minimum atomic E-state index is -0.992. The number of carbonyl (C=O) groups is 1. The molecule has 1 aromatic carbocycles. The highest BCUT2D eigenvalue weighted by Gasteiger charge is 2.04. The molecule has 0 amide bonds. The van der Waals surface area contributed by atoms with Crippen molar-refractivity contribution in [3.05, 3.63) is 41.6 Å². The maximum atomic E-state index is 10.6. The van der Waals surface area contributed by atoms with Gasteiger partial charge in [0.2, 0.25) is 0 Å². The van der Waals surface area contributed by atoms with E-state index in [1.807, 2.05) is 0 Å². The summed E-state index contributed by atoms with van der Waals surface area (Å²) in [5.74, 6) is -0.992. The van der Waals surface area contributed by atoms with E-state index in [1.165, 1.54) is 18.3 Å². The molecule has 0 aliphatic heterocycles. The molecule has 4 nitrogen and oxygen atoms in total. The third kappa shape index (κ3) is 1.98. The van der Waals surface area contributed by atoms with Gasteiger partial charge >= 0.3 is 5.97 Å². The van der Waals surface area contributed by atoms with Gasteiger partial charge in [-0.3, -0.25) is 0 Å². The van der Waals surface area contributed by atoms with E-state index in [4.69, 9.17) is 16.2 Å². The van der Waals surface area contributed by atoms with Crippen LogP contribution in [0, 0.1) is 5.41 Å². The van der Waals surface area contributed by atoms with Gasteiger partial charge in [0.1, 0.15) is 0 Å². The maximum absolute atomic E-state index is 10.6. The standard InChI is InChI=1S/C10H10N2O2/c11-5-9(6-12)7-2-1-3-8(4-7)10(13)14/h1-6,11H,12H2,(H,13,14)/b9-6+,11-5?. The molecule has 0 radical (unpaired) electrons. The number of carboxylic acids is 1. The Labute approximate surface area is 81.2 Å². The van der Waals surface area contributed by atoms with Crippen molar-refractivity contribution < 1.29 is 9.90 Å². The molecule has 14 heavy (non-hydrogen) atoms. The molecule has 72 valence electrons. The van der Waals surface area contributed by atoms with E-state index in [9.17, 15) is 4.79 Å². The zero-order valence-corrected chi connectivity index (χ0v) is 7.40. The third-order valence-electron chi connectivity index (χ3n) is 1.78. The lowest BCUT2D eigenvalue weighted by molar-refractivity contribution is 0.0697. The quantitative estimate of drug-likeness (QED) is 0.628. The van der Waals surface area contributed by atoms with Crippen LogP contribution in [0.1, 0.15) is 15.9 Å². The highest BCUT2D eigenvalue weighted by atomic mass is 16.4. The van der Waals surface area contributed by atoms with Crippen molar-refractivity contribution in [1.82, 2.24) is 0 Å². The van der Waals surface area contributed by atoms with Gasteiger partial charge in [0.15, 0.2) is 0 Å². The first-order valence-corrected chi connectivity index (χ1v) is 3.95. The molecule has 0 bridgehead atoms. The average molecular weight is 190 g/mol. The van der Waals surface area contributed by atoms with Gasteiger partial charge in [0.05, 0.1) is 5.56 Å². The second-order valence-corrected chi connectivity index (χ2v) is 2.65. The number of nitrogens with one attached hydrogen (secondary N) is 1. The Bertz CT molecular complexity index is 397. The van der Waals surface area contributed by atoms with Gasteiger partial charge in [0.25, 0.3) is 0 Å². The van der Waals surface area contributed by atoms with Crippen molar-refractivity contribution in [2.45, 2.75) is 0 Å². The van der Waals surface area contributed by atoms with Crippen molar-refractivity contribution in [3.8, 4) is 0 Å². The largest absolute Gasteiger partial charge is 0.478 e. The Hall–Kier alpha value is -2.10. The lowest BCUT2D eigenvalue weighted by Crippen LogP contribution is -1.98. The van der Waals surface area contributed by atoms with Crippen LogP contribution in [0.3, 0.4) is 0 Å². The third-order valence-corrected chi connectivity index (χ3v) is 1.78. The summed E-state index contributed by atoms with van der Waals surface area (Å²) in [6.07, 6.45) is 2.36. The van der Waals surface area contributed by atoms with Crippen LogP contribution >= 0.6 is 0 Å². The van der Waals surface area contributed by atoms with Gasteiger partial charge in [-0.2, -0.15) is 0 Å². The summed E-state index contributed by atoms with van der Waals surface area (Å²) in [5.41, 5.74) is 6.59. The van der Waals surface area contributed by atoms with Crippen molar-refractivity contribution in [2.24, 2.45) is 5.73 Å². The molecular formula is C10H10N2O2. The molecule has 0 atom stereocenters. The number of aromatic carboxylic acids is 1. The van der Waals surface area contributed by atoms with E-state index in [0.29, 0.717) is 11.1 Å². The topological polar surface area (TPSA) is 87.2 Å².